The highest BCUT2D eigenvalue weighted by Crippen LogP contribution is 2.76. The molecule has 0 radical (unpaired) electrons. The van der Waals surface area contributed by atoms with Crippen molar-refractivity contribution in [1.29, 1.82) is 0 Å². The van der Waals surface area contributed by atoms with Crippen LogP contribution in [0.5, 0.6) is 0 Å². The lowest BCUT2D eigenvalue weighted by Gasteiger charge is -2.50. The van der Waals surface area contributed by atoms with Gasteiger partial charge in [-0.2, -0.15) is 0 Å². The molecule has 4 rings (SSSR count). The zero-order valence-electron chi connectivity index (χ0n) is 24.2. The van der Waals surface area contributed by atoms with Crippen molar-refractivity contribution in [3.8, 4) is 0 Å². The van der Waals surface area contributed by atoms with Crippen LogP contribution in [0, 0.1) is 29.1 Å². The Morgan fingerprint density at radius 1 is 1.03 bits per heavy atom. The summed E-state index contributed by atoms with van der Waals surface area (Å²) in [6.07, 6.45) is 15.2. The second-order valence-corrected chi connectivity index (χ2v) is 13.4. The molecule has 4 aliphatic carbocycles. The topological polar surface area (TPSA) is 104 Å². The third-order valence-corrected chi connectivity index (χ3v) is 10.7. The Labute approximate surface area is 228 Å². The highest BCUT2D eigenvalue weighted by atomic mass is 16.6. The number of unbranched alkanes of at least 4 members (excludes halogenated alkanes) is 8. The number of aliphatic hydroxyl groups is 3. The fourth-order valence-electron chi connectivity index (χ4n) is 8.43. The molecule has 0 heterocycles. The number of hydrogen-bond donors (Lipinski definition) is 3. The van der Waals surface area contributed by atoms with Crippen LogP contribution in [0.3, 0.4) is 0 Å². The van der Waals surface area contributed by atoms with Gasteiger partial charge >= 0.3 is 5.97 Å². The van der Waals surface area contributed by atoms with E-state index in [2.05, 4.69) is 20.8 Å². The van der Waals surface area contributed by atoms with Crippen LogP contribution in [0.25, 0.3) is 0 Å². The van der Waals surface area contributed by atoms with Gasteiger partial charge in [-0.15, -0.1) is 0 Å². The van der Waals surface area contributed by atoms with Gasteiger partial charge < -0.3 is 20.1 Å². The Kier molecular flexibility index (Phi) is 8.39. The van der Waals surface area contributed by atoms with E-state index < -0.39 is 28.6 Å². The highest BCUT2D eigenvalue weighted by molar-refractivity contribution is 6.04. The van der Waals surface area contributed by atoms with E-state index in [4.69, 9.17) is 4.74 Å². The van der Waals surface area contributed by atoms with Crippen LogP contribution in [0.15, 0.2) is 23.3 Å². The van der Waals surface area contributed by atoms with Crippen molar-refractivity contribution in [1.82, 2.24) is 0 Å². The van der Waals surface area contributed by atoms with Gasteiger partial charge in [0.25, 0.3) is 0 Å². The lowest BCUT2D eigenvalue weighted by molar-refractivity contribution is -0.187. The minimum Gasteiger partial charge on any atom is -0.458 e. The van der Waals surface area contributed by atoms with E-state index in [1.165, 1.54) is 38.5 Å². The SMILES string of the molecule is CCCCCCCCCCCC(=O)O[C@@]12C[C@@H](C)[C@]3(O)[C@H](C=C(CO)C[C@@]4(O)C(=O)C(C)=C[C@H]34)[C@@H]1C2(C)C. The second kappa shape index (κ2) is 10.8. The quantitative estimate of drug-likeness (QED) is 0.177. The fourth-order valence-corrected chi connectivity index (χ4v) is 8.43. The Bertz CT molecular complexity index is 980. The summed E-state index contributed by atoms with van der Waals surface area (Å²) in [6, 6.07) is 0. The van der Waals surface area contributed by atoms with Gasteiger partial charge in [0.1, 0.15) is 11.2 Å². The molecule has 0 aromatic carbocycles. The summed E-state index contributed by atoms with van der Waals surface area (Å²) in [5.41, 5.74) is -3.20. The molecule has 0 spiro atoms. The maximum absolute atomic E-state index is 13.1. The summed E-state index contributed by atoms with van der Waals surface area (Å²) in [5.74, 6) is -2.25. The van der Waals surface area contributed by atoms with Crippen molar-refractivity contribution >= 4 is 11.8 Å². The summed E-state index contributed by atoms with van der Waals surface area (Å²) >= 11 is 0. The third kappa shape index (κ3) is 4.62. The molecular formula is C32H50O6. The van der Waals surface area contributed by atoms with Crippen molar-refractivity contribution in [2.24, 2.45) is 29.1 Å². The van der Waals surface area contributed by atoms with Gasteiger partial charge in [0.05, 0.1) is 12.2 Å². The first-order valence-electron chi connectivity index (χ1n) is 15.1. The van der Waals surface area contributed by atoms with Crippen molar-refractivity contribution in [2.45, 2.75) is 128 Å². The molecule has 38 heavy (non-hydrogen) atoms. The standard InChI is InChI=1S/C32H50O6/c1-6-7-8-9-10-11-12-13-14-15-26(34)38-31-18-22(3)32(37)24(27(31)29(31,4)5)17-23(20-33)19-30(36)25(32)16-21(2)28(30)35/h16-17,22,24-25,27,33,36-37H,6-15,18-20H2,1-5H3/t22-,24-,25+,27-,30+,31+,32+/m1/s1. The molecule has 0 amide bonds. The number of rotatable bonds is 12. The van der Waals surface area contributed by atoms with E-state index in [1.807, 2.05) is 13.0 Å². The summed E-state index contributed by atoms with van der Waals surface area (Å²) in [5, 5.41) is 34.1. The molecule has 6 nitrogen and oxygen atoms in total. The smallest absolute Gasteiger partial charge is 0.306 e. The molecule has 4 aliphatic rings. The van der Waals surface area contributed by atoms with Crippen LogP contribution in [0.2, 0.25) is 0 Å². The highest BCUT2D eigenvalue weighted by Gasteiger charge is 2.83. The van der Waals surface area contributed by atoms with Crippen LogP contribution >= 0.6 is 0 Å². The normalized spacial score (nSPS) is 38.9. The first-order chi connectivity index (χ1) is 17.9. The van der Waals surface area contributed by atoms with E-state index in [0.717, 1.165) is 19.3 Å². The number of ether oxygens (including phenoxy) is 1. The molecule has 2 saturated carbocycles. The summed E-state index contributed by atoms with van der Waals surface area (Å²) in [4.78, 5) is 26.1. The van der Waals surface area contributed by atoms with Crippen LogP contribution < -0.4 is 0 Å². The molecule has 3 N–H and O–H groups in total. The molecule has 0 saturated heterocycles. The molecule has 0 aliphatic heterocycles. The molecule has 214 valence electrons. The Morgan fingerprint density at radius 3 is 2.24 bits per heavy atom. The summed E-state index contributed by atoms with van der Waals surface area (Å²) in [6.45, 7) is 9.74. The first-order valence-corrected chi connectivity index (χ1v) is 15.1. The molecule has 7 atom stereocenters. The predicted molar refractivity (Wildman–Crippen MR) is 147 cm³/mol. The Hall–Kier alpha value is -1.50. The van der Waals surface area contributed by atoms with Crippen LogP contribution in [-0.2, 0) is 14.3 Å². The minimum atomic E-state index is -1.76. The molecule has 0 aromatic heterocycles. The van der Waals surface area contributed by atoms with Gasteiger partial charge in [0.2, 0.25) is 0 Å². The summed E-state index contributed by atoms with van der Waals surface area (Å²) < 4.78 is 6.31. The maximum Gasteiger partial charge on any atom is 0.306 e. The van der Waals surface area contributed by atoms with Gasteiger partial charge in [-0.3, -0.25) is 9.59 Å². The fraction of sp³-hybridized carbons (Fsp3) is 0.812. The van der Waals surface area contributed by atoms with Crippen LogP contribution in [0.1, 0.15) is 112 Å². The van der Waals surface area contributed by atoms with Gasteiger partial charge in [-0.05, 0) is 36.8 Å². The molecule has 0 aromatic rings. The van der Waals surface area contributed by atoms with Crippen molar-refractivity contribution in [3.05, 3.63) is 23.3 Å². The van der Waals surface area contributed by atoms with E-state index in [9.17, 15) is 24.9 Å². The zero-order chi connectivity index (χ0) is 27.9. The number of carbonyl (C=O) groups is 2. The summed E-state index contributed by atoms with van der Waals surface area (Å²) in [7, 11) is 0. The average Bonchev–Trinajstić information content (AvgIpc) is 3.26. The van der Waals surface area contributed by atoms with Crippen molar-refractivity contribution in [2.75, 3.05) is 6.61 Å². The van der Waals surface area contributed by atoms with E-state index in [0.29, 0.717) is 24.0 Å². The van der Waals surface area contributed by atoms with Crippen LogP contribution in [0.4, 0.5) is 0 Å². The Balaban J connectivity index is 1.45. The number of Topliss-reactive ketones (excluding diaryl/α,β-unsaturated/α-hetero) is 1. The van der Waals surface area contributed by atoms with Gasteiger partial charge in [0.15, 0.2) is 5.78 Å². The van der Waals surface area contributed by atoms with Gasteiger partial charge in [0, 0.05) is 36.0 Å². The zero-order valence-corrected chi connectivity index (χ0v) is 24.2. The number of carbonyl (C=O) groups excluding carboxylic acids is 2. The average molecular weight is 531 g/mol. The van der Waals surface area contributed by atoms with E-state index >= 15 is 0 Å². The molecule has 0 bridgehead atoms. The van der Waals surface area contributed by atoms with E-state index in [1.54, 1.807) is 13.0 Å². The van der Waals surface area contributed by atoms with Gasteiger partial charge in [-0.25, -0.2) is 0 Å². The number of fused-ring (bicyclic) bond motifs is 5. The third-order valence-electron chi connectivity index (χ3n) is 10.7. The van der Waals surface area contributed by atoms with Crippen molar-refractivity contribution < 1.29 is 29.6 Å². The molecule has 2 fully saturated rings. The number of ketones is 1. The largest absolute Gasteiger partial charge is 0.458 e. The first kappa shape index (κ1) is 29.5. The second-order valence-electron chi connectivity index (χ2n) is 13.4. The van der Waals surface area contributed by atoms with Crippen molar-refractivity contribution in [3.63, 3.8) is 0 Å². The monoisotopic (exact) mass is 530 g/mol. The lowest BCUT2D eigenvalue weighted by Crippen LogP contribution is -2.61. The van der Waals surface area contributed by atoms with E-state index in [-0.39, 0.29) is 42.0 Å². The van der Waals surface area contributed by atoms with Gasteiger partial charge in [-0.1, -0.05) is 91.2 Å². The minimum absolute atomic E-state index is 0.00487. The number of aliphatic hydroxyl groups excluding tert-OH is 1. The Morgan fingerprint density at radius 2 is 1.63 bits per heavy atom. The van der Waals surface area contributed by atoms with Crippen LogP contribution in [-0.4, -0.2) is 50.5 Å². The molecule has 0 unspecified atom stereocenters. The number of esters is 1. The molecular weight excluding hydrogens is 480 g/mol. The number of hydrogen-bond acceptors (Lipinski definition) is 6. The predicted octanol–water partition coefficient (Wildman–Crippen LogP) is 5.43. The lowest BCUT2D eigenvalue weighted by atomic mass is 9.60. The maximum atomic E-state index is 13.1. The molecule has 6 heteroatoms.